The van der Waals surface area contributed by atoms with Crippen LogP contribution in [0.25, 0.3) is 0 Å². The minimum Gasteiger partial charge on any atom is -0.481 e. The van der Waals surface area contributed by atoms with Crippen LogP contribution in [0.15, 0.2) is 18.2 Å². The number of benzene rings is 1. The van der Waals surface area contributed by atoms with Gasteiger partial charge in [0.15, 0.2) is 0 Å². The molecule has 1 saturated heterocycles. The molecule has 132 valence electrons. The maximum Gasteiger partial charge on any atom is 0.308 e. The first-order chi connectivity index (χ1) is 12.0. The number of hydrogen-bond donors (Lipinski definition) is 2. The lowest BCUT2D eigenvalue weighted by Crippen LogP contribution is -2.49. The van der Waals surface area contributed by atoms with E-state index in [4.69, 9.17) is 19.4 Å². The minimum absolute atomic E-state index is 0.0119. The van der Waals surface area contributed by atoms with Crippen molar-refractivity contribution in [1.82, 2.24) is 10.2 Å². The maximum absolute atomic E-state index is 12.9. The molecule has 1 aromatic rings. The summed E-state index contributed by atoms with van der Waals surface area (Å²) in [7, 11) is 5.55. The Balaban J connectivity index is 1.67. The largest absolute Gasteiger partial charge is 0.481 e. The lowest BCUT2D eigenvalue weighted by Gasteiger charge is -2.29. The molecule has 0 saturated carbocycles. The van der Waals surface area contributed by atoms with Crippen LogP contribution in [0, 0.1) is 11.8 Å². The van der Waals surface area contributed by atoms with Crippen LogP contribution in [0.5, 0.6) is 0 Å². The van der Waals surface area contributed by atoms with Gasteiger partial charge < -0.3 is 15.3 Å². The second kappa shape index (κ2) is 7.79. The Bertz CT molecular complexity index is 670. The van der Waals surface area contributed by atoms with Gasteiger partial charge in [-0.1, -0.05) is 30.4 Å². The molecule has 0 aliphatic carbocycles. The molecule has 2 N–H and O–H groups in total. The lowest BCUT2D eigenvalue weighted by molar-refractivity contribution is -0.142. The predicted octanol–water partition coefficient (Wildman–Crippen LogP) is 1.88. The molecule has 2 aliphatic rings. The van der Waals surface area contributed by atoms with Crippen LogP contribution in [-0.2, 0) is 22.6 Å². The number of nitrogens with one attached hydrogen (secondary N) is 1. The van der Waals surface area contributed by atoms with Gasteiger partial charge in [-0.2, -0.15) is 0 Å². The van der Waals surface area contributed by atoms with E-state index in [9.17, 15) is 14.7 Å². The molecule has 1 amide bonds. The molecule has 3 unspecified atom stereocenters. The van der Waals surface area contributed by atoms with E-state index in [1.165, 1.54) is 0 Å². The van der Waals surface area contributed by atoms with Crippen molar-refractivity contribution in [3.63, 3.8) is 0 Å². The van der Waals surface area contributed by atoms with Crippen LogP contribution in [-0.4, -0.2) is 48.9 Å². The Morgan fingerprint density at radius 3 is 2.84 bits per heavy atom. The number of fused-ring (bicyclic) bond motifs is 1. The number of hydrogen-bond acceptors (Lipinski definition) is 3. The standard InChI is InChI=1S/C18H22BClN2O3/c19-5-1-2-12-9-22(10-15(12)18(24)25)17(23)16-7-11-3-4-14(20)6-13(11)8-21-16/h3-4,6,12,15-16,21H,1-2,5,7-10H2,(H,24,25). The topological polar surface area (TPSA) is 69.6 Å². The van der Waals surface area contributed by atoms with Crippen LogP contribution < -0.4 is 5.32 Å². The predicted molar refractivity (Wildman–Crippen MR) is 96.8 cm³/mol. The van der Waals surface area contributed by atoms with Gasteiger partial charge in [0, 0.05) is 24.7 Å². The summed E-state index contributed by atoms with van der Waals surface area (Å²) in [6.07, 6.45) is 2.68. The first-order valence-electron chi connectivity index (χ1n) is 8.72. The Morgan fingerprint density at radius 1 is 1.32 bits per heavy atom. The number of halogens is 1. The van der Waals surface area contributed by atoms with Crippen molar-refractivity contribution < 1.29 is 14.7 Å². The highest BCUT2D eigenvalue weighted by molar-refractivity contribution is 6.30. The summed E-state index contributed by atoms with van der Waals surface area (Å²) in [4.78, 5) is 26.1. The van der Waals surface area contributed by atoms with Crippen LogP contribution >= 0.6 is 11.6 Å². The van der Waals surface area contributed by atoms with Crippen molar-refractivity contribution in [2.75, 3.05) is 13.1 Å². The van der Waals surface area contributed by atoms with Gasteiger partial charge in [0.1, 0.15) is 0 Å². The van der Waals surface area contributed by atoms with Gasteiger partial charge in [-0.25, -0.2) is 0 Å². The zero-order chi connectivity index (χ0) is 18.0. The maximum atomic E-state index is 12.9. The molecule has 5 nitrogen and oxygen atoms in total. The number of carbonyl (C=O) groups is 2. The number of nitrogens with zero attached hydrogens (tertiary/aromatic N) is 1. The SMILES string of the molecule is [B]CCCC1CN(C(=O)C2Cc3ccc(Cl)cc3CN2)CC1C(=O)O. The molecule has 0 aromatic heterocycles. The van der Waals surface area contributed by atoms with Crippen LogP contribution in [0.4, 0.5) is 0 Å². The van der Waals surface area contributed by atoms with Gasteiger partial charge in [-0.3, -0.25) is 9.59 Å². The molecular weight excluding hydrogens is 338 g/mol. The van der Waals surface area contributed by atoms with Crippen molar-refractivity contribution in [3.8, 4) is 0 Å². The molecule has 7 heteroatoms. The van der Waals surface area contributed by atoms with Gasteiger partial charge in [0.2, 0.25) is 5.91 Å². The van der Waals surface area contributed by atoms with E-state index in [0.717, 1.165) is 24.0 Å². The molecule has 2 heterocycles. The first-order valence-corrected chi connectivity index (χ1v) is 9.09. The lowest BCUT2D eigenvalue weighted by atomic mass is 9.88. The van der Waals surface area contributed by atoms with Crippen molar-refractivity contribution >= 4 is 31.3 Å². The number of amides is 1. The van der Waals surface area contributed by atoms with E-state index in [2.05, 4.69) is 5.32 Å². The summed E-state index contributed by atoms with van der Waals surface area (Å²) in [5, 5.41) is 13.4. The van der Waals surface area contributed by atoms with E-state index in [1.54, 1.807) is 4.90 Å². The Kier molecular flexibility index (Phi) is 5.69. The fraction of sp³-hybridized carbons (Fsp3) is 0.556. The summed E-state index contributed by atoms with van der Waals surface area (Å²) in [6.45, 7) is 1.38. The third-order valence-corrected chi connectivity index (χ3v) is 5.51. The molecule has 0 spiro atoms. The summed E-state index contributed by atoms with van der Waals surface area (Å²) < 4.78 is 0. The second-order valence-electron chi connectivity index (χ2n) is 6.93. The van der Waals surface area contributed by atoms with Gasteiger partial charge in [-0.05, 0) is 42.0 Å². The Hall–Kier alpha value is -1.53. The fourth-order valence-corrected chi connectivity index (χ4v) is 4.08. The molecule has 1 fully saturated rings. The highest BCUT2D eigenvalue weighted by Gasteiger charge is 2.41. The number of carboxylic acids is 1. The van der Waals surface area contributed by atoms with Crippen molar-refractivity contribution in [3.05, 3.63) is 34.3 Å². The molecule has 1 aromatic carbocycles. The highest BCUT2D eigenvalue weighted by Crippen LogP contribution is 2.30. The molecule has 2 radical (unpaired) electrons. The average molecular weight is 361 g/mol. The molecule has 0 bridgehead atoms. The van der Waals surface area contributed by atoms with E-state index in [-0.39, 0.29) is 24.4 Å². The smallest absolute Gasteiger partial charge is 0.308 e. The number of carbonyl (C=O) groups excluding carboxylic acids is 1. The van der Waals surface area contributed by atoms with Gasteiger partial charge in [-0.15, -0.1) is 0 Å². The van der Waals surface area contributed by atoms with E-state index in [1.807, 2.05) is 18.2 Å². The molecular formula is C18H22BClN2O3. The average Bonchev–Trinajstić information content (AvgIpc) is 3.03. The summed E-state index contributed by atoms with van der Waals surface area (Å²) >= 11 is 6.02. The third kappa shape index (κ3) is 4.01. The van der Waals surface area contributed by atoms with Crippen molar-refractivity contribution in [2.24, 2.45) is 11.8 Å². The summed E-state index contributed by atoms with van der Waals surface area (Å²) in [5.74, 6) is -1.35. The molecule has 3 rings (SSSR count). The number of rotatable bonds is 5. The molecule has 3 atom stereocenters. The first kappa shape index (κ1) is 18.3. The van der Waals surface area contributed by atoms with E-state index >= 15 is 0 Å². The number of carboxylic acid groups (broad SMARTS) is 1. The highest BCUT2D eigenvalue weighted by atomic mass is 35.5. The van der Waals surface area contributed by atoms with E-state index < -0.39 is 11.9 Å². The molecule has 2 aliphatic heterocycles. The zero-order valence-corrected chi connectivity index (χ0v) is 14.8. The van der Waals surface area contributed by atoms with Crippen LogP contribution in [0.3, 0.4) is 0 Å². The Morgan fingerprint density at radius 2 is 2.12 bits per heavy atom. The van der Waals surface area contributed by atoms with Gasteiger partial charge in [0.25, 0.3) is 0 Å². The second-order valence-corrected chi connectivity index (χ2v) is 7.37. The fourth-order valence-electron chi connectivity index (χ4n) is 3.88. The third-order valence-electron chi connectivity index (χ3n) is 5.28. The number of aliphatic carboxylic acids is 1. The minimum atomic E-state index is -0.825. The monoisotopic (exact) mass is 360 g/mol. The van der Waals surface area contributed by atoms with Crippen LogP contribution in [0.2, 0.25) is 11.3 Å². The van der Waals surface area contributed by atoms with Crippen molar-refractivity contribution in [1.29, 1.82) is 0 Å². The Labute approximate surface area is 154 Å². The van der Waals surface area contributed by atoms with E-state index in [0.29, 0.717) is 30.9 Å². The van der Waals surface area contributed by atoms with Gasteiger partial charge in [0.05, 0.1) is 19.8 Å². The van der Waals surface area contributed by atoms with Crippen LogP contribution in [0.1, 0.15) is 24.0 Å². The normalized spacial score (nSPS) is 25.6. The van der Waals surface area contributed by atoms with Gasteiger partial charge >= 0.3 is 5.97 Å². The zero-order valence-electron chi connectivity index (χ0n) is 14.1. The summed E-state index contributed by atoms with van der Waals surface area (Å²) in [5.41, 5.74) is 2.23. The quantitative estimate of drug-likeness (QED) is 0.787. The number of likely N-dealkylation sites (tertiary alicyclic amines) is 1. The van der Waals surface area contributed by atoms with Crippen molar-refractivity contribution in [2.45, 2.75) is 38.2 Å². The summed E-state index contributed by atoms with van der Waals surface area (Å²) in [6, 6.07) is 5.42. The molecule has 25 heavy (non-hydrogen) atoms.